The fraction of sp³-hybridized carbons (Fsp3) is 0.727. The lowest BCUT2D eigenvalue weighted by Gasteiger charge is -2.23. The van der Waals surface area contributed by atoms with Crippen molar-refractivity contribution in [1.29, 1.82) is 0 Å². The van der Waals surface area contributed by atoms with Crippen molar-refractivity contribution < 1.29 is 24.2 Å². The van der Waals surface area contributed by atoms with Crippen LogP contribution in [0.1, 0.15) is 26.7 Å². The van der Waals surface area contributed by atoms with Crippen LogP contribution in [0.4, 0.5) is 4.79 Å². The summed E-state index contributed by atoms with van der Waals surface area (Å²) in [5, 5.41) is 13.6. The second kappa shape index (κ2) is 7.57. The molecule has 0 aromatic rings. The zero-order chi connectivity index (χ0) is 15.1. The number of urea groups is 1. The summed E-state index contributed by atoms with van der Waals surface area (Å²) in [5.41, 5.74) is 4.38. The second-order valence-electron chi connectivity index (χ2n) is 4.69. The topological polar surface area (TPSA) is 131 Å². The van der Waals surface area contributed by atoms with E-state index in [1.165, 1.54) is 7.11 Å². The molecule has 0 aliphatic heterocycles. The van der Waals surface area contributed by atoms with E-state index in [-0.39, 0.29) is 19.4 Å². The molecule has 0 saturated heterocycles. The standard InChI is InChI=1S/C11H21N3O5/c1-11(2,19-3)6-13-10(18)14-7(9(16)17)4-5-8(12)15/h7H,4-6H2,1-3H3,(H2,12,15)(H,16,17)(H2,13,14,18). The molecule has 1 unspecified atom stereocenters. The molecule has 0 bridgehead atoms. The van der Waals surface area contributed by atoms with Crippen molar-refractivity contribution in [3.05, 3.63) is 0 Å². The highest BCUT2D eigenvalue weighted by Gasteiger charge is 2.22. The van der Waals surface area contributed by atoms with Crippen molar-refractivity contribution in [2.24, 2.45) is 5.73 Å². The van der Waals surface area contributed by atoms with Gasteiger partial charge in [-0.15, -0.1) is 0 Å². The van der Waals surface area contributed by atoms with E-state index in [2.05, 4.69) is 10.6 Å². The summed E-state index contributed by atoms with van der Waals surface area (Å²) >= 11 is 0. The van der Waals surface area contributed by atoms with Crippen molar-refractivity contribution in [3.63, 3.8) is 0 Å². The maximum Gasteiger partial charge on any atom is 0.326 e. The molecule has 0 rings (SSSR count). The molecule has 0 aliphatic carbocycles. The Morgan fingerprint density at radius 3 is 2.37 bits per heavy atom. The van der Waals surface area contributed by atoms with Gasteiger partial charge in [0, 0.05) is 20.1 Å². The number of methoxy groups -OCH3 is 1. The highest BCUT2D eigenvalue weighted by atomic mass is 16.5. The first-order valence-corrected chi connectivity index (χ1v) is 5.78. The number of nitrogens with two attached hydrogens (primary N) is 1. The largest absolute Gasteiger partial charge is 0.480 e. The molecule has 3 amide bonds. The zero-order valence-electron chi connectivity index (χ0n) is 11.4. The lowest BCUT2D eigenvalue weighted by molar-refractivity contribution is -0.139. The van der Waals surface area contributed by atoms with Gasteiger partial charge >= 0.3 is 12.0 Å². The van der Waals surface area contributed by atoms with E-state index in [9.17, 15) is 14.4 Å². The normalized spacial score (nSPS) is 12.6. The molecule has 8 heteroatoms. The Balaban J connectivity index is 4.25. The second-order valence-corrected chi connectivity index (χ2v) is 4.69. The number of ether oxygens (including phenoxy) is 1. The van der Waals surface area contributed by atoms with Gasteiger partial charge in [0.2, 0.25) is 5.91 Å². The minimum atomic E-state index is -1.22. The smallest absolute Gasteiger partial charge is 0.326 e. The van der Waals surface area contributed by atoms with Crippen LogP contribution in [0, 0.1) is 0 Å². The minimum Gasteiger partial charge on any atom is -0.480 e. The van der Waals surface area contributed by atoms with Gasteiger partial charge in [0.15, 0.2) is 0 Å². The third kappa shape index (κ3) is 7.98. The molecule has 0 fully saturated rings. The van der Waals surface area contributed by atoms with Crippen LogP contribution in [0.2, 0.25) is 0 Å². The van der Waals surface area contributed by atoms with Crippen molar-refractivity contribution >= 4 is 17.9 Å². The predicted octanol–water partition coefficient (Wildman–Crippen LogP) is -0.571. The molecule has 0 aromatic heterocycles. The molecular weight excluding hydrogens is 254 g/mol. The molecule has 5 N–H and O–H groups in total. The fourth-order valence-corrected chi connectivity index (χ4v) is 1.12. The number of aliphatic carboxylic acids is 1. The van der Waals surface area contributed by atoms with Gasteiger partial charge in [0.1, 0.15) is 6.04 Å². The number of carbonyl (C=O) groups is 3. The maximum absolute atomic E-state index is 11.5. The number of carboxylic acids is 1. The Hall–Kier alpha value is -1.83. The quantitative estimate of drug-likeness (QED) is 0.471. The van der Waals surface area contributed by atoms with Crippen LogP contribution in [0.25, 0.3) is 0 Å². The minimum absolute atomic E-state index is 0.0498. The molecule has 1 atom stereocenters. The number of carbonyl (C=O) groups excluding carboxylic acids is 2. The van der Waals surface area contributed by atoms with Crippen LogP contribution >= 0.6 is 0 Å². The molecule has 0 aliphatic rings. The van der Waals surface area contributed by atoms with Crippen molar-refractivity contribution in [1.82, 2.24) is 10.6 Å². The van der Waals surface area contributed by atoms with Crippen LogP contribution in [0.15, 0.2) is 0 Å². The molecule has 0 saturated carbocycles. The van der Waals surface area contributed by atoms with E-state index in [1.807, 2.05) is 0 Å². The highest BCUT2D eigenvalue weighted by Crippen LogP contribution is 2.04. The molecule has 0 heterocycles. The summed E-state index contributed by atoms with van der Waals surface area (Å²) in [6, 6.07) is -1.79. The Morgan fingerprint density at radius 2 is 1.95 bits per heavy atom. The van der Waals surface area contributed by atoms with E-state index in [0.717, 1.165) is 0 Å². The number of rotatable bonds is 8. The van der Waals surface area contributed by atoms with Crippen molar-refractivity contribution in [2.75, 3.05) is 13.7 Å². The third-order valence-corrected chi connectivity index (χ3v) is 2.51. The summed E-state index contributed by atoms with van der Waals surface area (Å²) < 4.78 is 5.10. The van der Waals surface area contributed by atoms with Crippen LogP contribution in [0.3, 0.4) is 0 Å². The Bertz CT molecular complexity index is 343. The van der Waals surface area contributed by atoms with Gasteiger partial charge < -0.3 is 26.2 Å². The molecule has 0 aromatic carbocycles. The Kier molecular flexibility index (Phi) is 6.84. The fourth-order valence-electron chi connectivity index (χ4n) is 1.12. The van der Waals surface area contributed by atoms with Crippen molar-refractivity contribution in [2.45, 2.75) is 38.3 Å². The SMILES string of the molecule is COC(C)(C)CNC(=O)NC(CCC(N)=O)C(=O)O. The number of hydrogen-bond acceptors (Lipinski definition) is 4. The van der Waals surface area contributed by atoms with Gasteiger partial charge in [0.25, 0.3) is 0 Å². The molecule has 19 heavy (non-hydrogen) atoms. The van der Waals surface area contributed by atoms with Crippen LogP contribution in [-0.2, 0) is 14.3 Å². The van der Waals surface area contributed by atoms with Crippen LogP contribution in [0.5, 0.6) is 0 Å². The van der Waals surface area contributed by atoms with E-state index in [0.29, 0.717) is 0 Å². The molecule has 8 nitrogen and oxygen atoms in total. The first-order valence-electron chi connectivity index (χ1n) is 5.78. The van der Waals surface area contributed by atoms with Gasteiger partial charge in [-0.2, -0.15) is 0 Å². The van der Waals surface area contributed by atoms with Gasteiger partial charge in [-0.3, -0.25) is 4.79 Å². The number of hydrogen-bond donors (Lipinski definition) is 4. The lowest BCUT2D eigenvalue weighted by atomic mass is 10.1. The molecule has 0 radical (unpaired) electrons. The number of primary amides is 1. The Labute approximate surface area is 111 Å². The number of nitrogens with one attached hydrogen (secondary N) is 2. The molecular formula is C11H21N3O5. The summed E-state index contributed by atoms with van der Waals surface area (Å²) in [4.78, 5) is 33.0. The summed E-state index contributed by atoms with van der Waals surface area (Å²) in [6.07, 6.45) is -0.160. The predicted molar refractivity (Wildman–Crippen MR) is 67.5 cm³/mol. The zero-order valence-corrected chi connectivity index (χ0v) is 11.4. The maximum atomic E-state index is 11.5. The first-order chi connectivity index (χ1) is 8.68. The van der Waals surface area contributed by atoms with E-state index in [1.54, 1.807) is 13.8 Å². The van der Waals surface area contributed by atoms with E-state index in [4.69, 9.17) is 15.6 Å². The summed E-state index contributed by atoms with van der Waals surface area (Å²) in [6.45, 7) is 3.77. The lowest BCUT2D eigenvalue weighted by Crippen LogP contribution is -2.49. The van der Waals surface area contributed by atoms with E-state index < -0.39 is 29.6 Å². The third-order valence-electron chi connectivity index (χ3n) is 2.51. The Morgan fingerprint density at radius 1 is 1.37 bits per heavy atom. The van der Waals surface area contributed by atoms with Gasteiger partial charge in [-0.1, -0.05) is 0 Å². The summed E-state index contributed by atoms with van der Waals surface area (Å²) in [7, 11) is 1.51. The monoisotopic (exact) mass is 275 g/mol. The van der Waals surface area contributed by atoms with Gasteiger partial charge in [-0.25, -0.2) is 9.59 Å². The molecule has 0 spiro atoms. The van der Waals surface area contributed by atoms with Gasteiger partial charge in [-0.05, 0) is 20.3 Å². The average molecular weight is 275 g/mol. The first kappa shape index (κ1) is 17.2. The average Bonchev–Trinajstić information content (AvgIpc) is 2.31. The van der Waals surface area contributed by atoms with Gasteiger partial charge in [0.05, 0.1) is 5.60 Å². The molecule has 110 valence electrons. The highest BCUT2D eigenvalue weighted by molar-refractivity contribution is 5.83. The number of amides is 3. The summed E-state index contributed by atoms with van der Waals surface area (Å²) in [5.74, 6) is -1.84. The van der Waals surface area contributed by atoms with E-state index >= 15 is 0 Å². The van der Waals surface area contributed by atoms with Crippen LogP contribution < -0.4 is 16.4 Å². The van der Waals surface area contributed by atoms with Crippen molar-refractivity contribution in [3.8, 4) is 0 Å². The number of carboxylic acid groups (broad SMARTS) is 1. The van der Waals surface area contributed by atoms with Crippen LogP contribution in [-0.4, -0.2) is 48.3 Å².